The molecule has 0 aromatic heterocycles. The summed E-state index contributed by atoms with van der Waals surface area (Å²) in [5.41, 5.74) is 2.08. The van der Waals surface area contributed by atoms with Crippen molar-refractivity contribution in [2.75, 3.05) is 13.1 Å². The highest BCUT2D eigenvalue weighted by Crippen LogP contribution is 2.04. The van der Waals surface area contributed by atoms with Crippen molar-refractivity contribution in [3.63, 3.8) is 0 Å². The van der Waals surface area contributed by atoms with E-state index in [0.717, 1.165) is 16.0 Å². The first-order valence-corrected chi connectivity index (χ1v) is 6.42. The lowest BCUT2D eigenvalue weighted by atomic mass is 10.1. The topological polar surface area (TPSA) is 66.5 Å². The van der Waals surface area contributed by atoms with Gasteiger partial charge in [0.15, 0.2) is 0 Å². The second-order valence-corrected chi connectivity index (χ2v) is 4.67. The Labute approximate surface area is 117 Å². The molecule has 0 fully saturated rings. The molecule has 0 unspecified atom stereocenters. The van der Waals surface area contributed by atoms with Crippen LogP contribution in [-0.4, -0.2) is 35.7 Å². The summed E-state index contributed by atoms with van der Waals surface area (Å²) in [6, 6.07) is 7.73. The fourth-order valence-electron chi connectivity index (χ4n) is 1.91. The maximum Gasteiger partial charge on any atom is 0.253 e. The van der Waals surface area contributed by atoms with Crippen LogP contribution in [0, 0.1) is 6.92 Å². The third-order valence-electron chi connectivity index (χ3n) is 3.04. The predicted octanol–water partition coefficient (Wildman–Crippen LogP) is 0.579. The SMILES string of the molecule is Cc1ccc(CC(=O)NCCN2C(=O)C=CC2=O)cc1. The summed E-state index contributed by atoms with van der Waals surface area (Å²) in [6.07, 6.45) is 2.76. The number of imide groups is 1. The van der Waals surface area contributed by atoms with Gasteiger partial charge in [-0.25, -0.2) is 0 Å². The Morgan fingerprint density at radius 3 is 2.30 bits per heavy atom. The summed E-state index contributed by atoms with van der Waals surface area (Å²) < 4.78 is 0. The molecule has 0 aliphatic carbocycles. The van der Waals surface area contributed by atoms with Crippen LogP contribution >= 0.6 is 0 Å². The first-order chi connectivity index (χ1) is 9.56. The van der Waals surface area contributed by atoms with Crippen molar-refractivity contribution in [3.05, 3.63) is 47.5 Å². The molecule has 0 atom stereocenters. The fourth-order valence-corrected chi connectivity index (χ4v) is 1.91. The van der Waals surface area contributed by atoms with Crippen LogP contribution in [0.2, 0.25) is 0 Å². The number of hydrogen-bond donors (Lipinski definition) is 1. The van der Waals surface area contributed by atoms with Gasteiger partial charge in [-0.3, -0.25) is 19.3 Å². The molecule has 1 heterocycles. The second-order valence-electron chi connectivity index (χ2n) is 4.67. The number of carbonyl (C=O) groups excluding carboxylic acids is 3. The molecule has 5 heteroatoms. The minimum absolute atomic E-state index is 0.124. The van der Waals surface area contributed by atoms with E-state index in [0.29, 0.717) is 6.42 Å². The van der Waals surface area contributed by atoms with Gasteiger partial charge in [-0.05, 0) is 12.5 Å². The smallest absolute Gasteiger partial charge is 0.253 e. The standard InChI is InChI=1S/C15H16N2O3/c1-11-2-4-12(5-3-11)10-13(18)16-8-9-17-14(19)6-7-15(17)20/h2-7H,8-10H2,1H3,(H,16,18). The molecule has 104 valence electrons. The third kappa shape index (κ3) is 3.54. The van der Waals surface area contributed by atoms with Gasteiger partial charge in [0.05, 0.1) is 6.42 Å². The predicted molar refractivity (Wildman–Crippen MR) is 73.8 cm³/mol. The summed E-state index contributed by atoms with van der Waals surface area (Å²) in [5.74, 6) is -0.786. The molecule has 0 spiro atoms. The Kier molecular flexibility index (Phi) is 4.30. The molecule has 1 aliphatic rings. The van der Waals surface area contributed by atoms with Gasteiger partial charge >= 0.3 is 0 Å². The lowest BCUT2D eigenvalue weighted by molar-refractivity contribution is -0.137. The van der Waals surface area contributed by atoms with Crippen LogP contribution in [0.25, 0.3) is 0 Å². The molecule has 1 aromatic rings. The highest BCUT2D eigenvalue weighted by atomic mass is 16.2. The van der Waals surface area contributed by atoms with Crippen LogP contribution in [0.15, 0.2) is 36.4 Å². The molecule has 0 radical (unpaired) electrons. The zero-order valence-corrected chi connectivity index (χ0v) is 11.3. The number of hydrogen-bond acceptors (Lipinski definition) is 3. The average molecular weight is 272 g/mol. The largest absolute Gasteiger partial charge is 0.354 e. The first-order valence-electron chi connectivity index (χ1n) is 6.42. The summed E-state index contributed by atoms with van der Waals surface area (Å²) in [4.78, 5) is 35.4. The van der Waals surface area contributed by atoms with Gasteiger partial charge in [0.25, 0.3) is 11.8 Å². The summed E-state index contributed by atoms with van der Waals surface area (Å²) in [7, 11) is 0. The van der Waals surface area contributed by atoms with Crippen molar-refractivity contribution in [1.29, 1.82) is 0 Å². The monoisotopic (exact) mass is 272 g/mol. The number of carbonyl (C=O) groups is 3. The second kappa shape index (κ2) is 6.14. The number of nitrogens with one attached hydrogen (secondary N) is 1. The number of aryl methyl sites for hydroxylation is 1. The van der Waals surface area contributed by atoms with Crippen LogP contribution in [0.4, 0.5) is 0 Å². The maximum atomic E-state index is 11.7. The van der Waals surface area contributed by atoms with Crippen molar-refractivity contribution >= 4 is 17.7 Å². The minimum Gasteiger partial charge on any atom is -0.354 e. The fraction of sp³-hybridized carbons (Fsp3) is 0.267. The van der Waals surface area contributed by atoms with Crippen molar-refractivity contribution < 1.29 is 14.4 Å². The molecule has 1 N–H and O–H groups in total. The number of nitrogens with zero attached hydrogens (tertiary/aromatic N) is 1. The molecule has 0 saturated carbocycles. The van der Waals surface area contributed by atoms with Crippen molar-refractivity contribution in [2.45, 2.75) is 13.3 Å². The van der Waals surface area contributed by atoms with Gasteiger partial charge in [0.2, 0.25) is 5.91 Å². The quantitative estimate of drug-likeness (QED) is 0.797. The lowest BCUT2D eigenvalue weighted by Gasteiger charge is -2.14. The van der Waals surface area contributed by atoms with Gasteiger partial charge in [0.1, 0.15) is 0 Å². The molecule has 20 heavy (non-hydrogen) atoms. The Balaban J connectivity index is 1.74. The summed E-state index contributed by atoms with van der Waals surface area (Å²) in [5, 5.41) is 2.70. The Bertz CT molecular complexity index is 543. The van der Waals surface area contributed by atoms with Gasteiger partial charge < -0.3 is 5.32 Å². The number of benzene rings is 1. The highest BCUT2D eigenvalue weighted by Gasteiger charge is 2.22. The molecule has 2 rings (SSSR count). The van der Waals surface area contributed by atoms with Crippen molar-refractivity contribution in [2.24, 2.45) is 0 Å². The maximum absolute atomic E-state index is 11.7. The minimum atomic E-state index is -0.331. The van der Waals surface area contributed by atoms with Gasteiger partial charge in [-0.15, -0.1) is 0 Å². The number of amides is 3. The molecular formula is C15H16N2O3. The van der Waals surface area contributed by atoms with Crippen LogP contribution in [0.3, 0.4) is 0 Å². The van der Waals surface area contributed by atoms with Crippen LogP contribution in [-0.2, 0) is 20.8 Å². The van der Waals surface area contributed by atoms with E-state index in [-0.39, 0.29) is 30.8 Å². The lowest BCUT2D eigenvalue weighted by Crippen LogP contribution is -2.38. The van der Waals surface area contributed by atoms with E-state index < -0.39 is 0 Å². The Morgan fingerprint density at radius 2 is 1.70 bits per heavy atom. The zero-order chi connectivity index (χ0) is 14.5. The molecule has 1 aromatic carbocycles. The highest BCUT2D eigenvalue weighted by molar-refractivity contribution is 6.12. The summed E-state index contributed by atoms with van der Waals surface area (Å²) in [6.45, 7) is 2.45. The number of rotatable bonds is 5. The van der Waals surface area contributed by atoms with E-state index in [2.05, 4.69) is 5.32 Å². The molecule has 3 amide bonds. The van der Waals surface area contributed by atoms with Crippen molar-refractivity contribution in [1.82, 2.24) is 10.2 Å². The van der Waals surface area contributed by atoms with Gasteiger partial charge in [0, 0.05) is 25.2 Å². The third-order valence-corrected chi connectivity index (χ3v) is 3.04. The Hall–Kier alpha value is -2.43. The van der Waals surface area contributed by atoms with E-state index in [1.807, 2.05) is 31.2 Å². The normalized spacial score (nSPS) is 13.9. The van der Waals surface area contributed by atoms with Gasteiger partial charge in [-0.1, -0.05) is 29.8 Å². The molecule has 5 nitrogen and oxygen atoms in total. The Morgan fingerprint density at radius 1 is 1.10 bits per heavy atom. The van der Waals surface area contributed by atoms with E-state index in [9.17, 15) is 14.4 Å². The first kappa shape index (κ1) is 14.0. The van der Waals surface area contributed by atoms with Gasteiger partial charge in [-0.2, -0.15) is 0 Å². The molecule has 0 saturated heterocycles. The summed E-state index contributed by atoms with van der Waals surface area (Å²) >= 11 is 0. The van der Waals surface area contributed by atoms with E-state index in [1.165, 1.54) is 12.2 Å². The molecule has 0 bridgehead atoms. The molecule has 1 aliphatic heterocycles. The van der Waals surface area contributed by atoms with Crippen LogP contribution in [0.1, 0.15) is 11.1 Å². The van der Waals surface area contributed by atoms with Crippen LogP contribution < -0.4 is 5.32 Å². The zero-order valence-electron chi connectivity index (χ0n) is 11.3. The average Bonchev–Trinajstić information content (AvgIpc) is 2.73. The van der Waals surface area contributed by atoms with E-state index >= 15 is 0 Å². The van der Waals surface area contributed by atoms with Crippen molar-refractivity contribution in [3.8, 4) is 0 Å². The molecular weight excluding hydrogens is 256 g/mol. The van der Waals surface area contributed by atoms with E-state index in [4.69, 9.17) is 0 Å². The van der Waals surface area contributed by atoms with Crippen LogP contribution in [0.5, 0.6) is 0 Å². The van der Waals surface area contributed by atoms with E-state index in [1.54, 1.807) is 0 Å².